The van der Waals surface area contributed by atoms with Crippen LogP contribution in [0.4, 0.5) is 10.1 Å². The molecule has 3 rings (SSSR count). The van der Waals surface area contributed by atoms with Crippen molar-refractivity contribution in [1.29, 1.82) is 0 Å². The SMILES string of the molecule is O=C(Cc1ccccc1F)Nc1cnn(CC2CCCCO2)c1. The Bertz CT molecular complexity index is 665. The van der Waals surface area contributed by atoms with Gasteiger partial charge in [0.1, 0.15) is 5.82 Å². The van der Waals surface area contributed by atoms with Crippen molar-refractivity contribution in [3.63, 3.8) is 0 Å². The van der Waals surface area contributed by atoms with Crippen LogP contribution in [0.15, 0.2) is 36.7 Å². The van der Waals surface area contributed by atoms with Gasteiger partial charge in [-0.15, -0.1) is 0 Å². The molecule has 0 saturated carbocycles. The van der Waals surface area contributed by atoms with Gasteiger partial charge in [-0.25, -0.2) is 4.39 Å². The van der Waals surface area contributed by atoms with E-state index in [1.807, 2.05) is 0 Å². The van der Waals surface area contributed by atoms with E-state index in [0.29, 0.717) is 17.8 Å². The smallest absolute Gasteiger partial charge is 0.228 e. The molecule has 1 aromatic carbocycles. The first kappa shape index (κ1) is 15.7. The third-order valence-corrected chi connectivity index (χ3v) is 3.89. The average Bonchev–Trinajstić information content (AvgIpc) is 2.97. The fourth-order valence-corrected chi connectivity index (χ4v) is 2.71. The minimum Gasteiger partial charge on any atom is -0.376 e. The van der Waals surface area contributed by atoms with E-state index < -0.39 is 0 Å². The van der Waals surface area contributed by atoms with Gasteiger partial charge < -0.3 is 10.1 Å². The van der Waals surface area contributed by atoms with Crippen LogP contribution in [-0.2, 0) is 22.5 Å². The van der Waals surface area contributed by atoms with Crippen LogP contribution in [0.5, 0.6) is 0 Å². The summed E-state index contributed by atoms with van der Waals surface area (Å²) in [7, 11) is 0. The Hall–Kier alpha value is -2.21. The van der Waals surface area contributed by atoms with E-state index >= 15 is 0 Å². The highest BCUT2D eigenvalue weighted by Crippen LogP contribution is 2.15. The summed E-state index contributed by atoms with van der Waals surface area (Å²) in [4.78, 5) is 12.0. The third kappa shape index (κ3) is 4.39. The number of hydrogen-bond acceptors (Lipinski definition) is 3. The maximum Gasteiger partial charge on any atom is 0.228 e. The van der Waals surface area contributed by atoms with Gasteiger partial charge in [0.15, 0.2) is 0 Å². The summed E-state index contributed by atoms with van der Waals surface area (Å²) in [5.74, 6) is -0.628. The van der Waals surface area contributed by atoms with Crippen molar-refractivity contribution in [3.05, 3.63) is 48.0 Å². The van der Waals surface area contributed by atoms with Gasteiger partial charge in [-0.2, -0.15) is 5.10 Å². The second-order valence-corrected chi connectivity index (χ2v) is 5.76. The number of hydrogen-bond donors (Lipinski definition) is 1. The Balaban J connectivity index is 1.54. The van der Waals surface area contributed by atoms with E-state index in [9.17, 15) is 9.18 Å². The van der Waals surface area contributed by atoms with Crippen LogP contribution >= 0.6 is 0 Å². The van der Waals surface area contributed by atoms with E-state index in [1.54, 1.807) is 35.3 Å². The number of benzene rings is 1. The molecule has 1 aromatic heterocycles. The molecule has 0 spiro atoms. The summed E-state index contributed by atoms with van der Waals surface area (Å²) in [5, 5.41) is 6.98. The predicted molar refractivity (Wildman–Crippen MR) is 84.6 cm³/mol. The van der Waals surface area contributed by atoms with Gasteiger partial charge in [-0.05, 0) is 30.9 Å². The fourth-order valence-electron chi connectivity index (χ4n) is 2.71. The summed E-state index contributed by atoms with van der Waals surface area (Å²) in [6.45, 7) is 1.49. The zero-order valence-electron chi connectivity index (χ0n) is 12.9. The van der Waals surface area contributed by atoms with Crippen molar-refractivity contribution in [1.82, 2.24) is 9.78 Å². The lowest BCUT2D eigenvalue weighted by Gasteiger charge is -2.22. The Morgan fingerprint density at radius 3 is 3.04 bits per heavy atom. The number of carbonyl (C=O) groups is 1. The number of nitrogens with zero attached hydrogens (tertiary/aromatic N) is 2. The molecule has 1 aliphatic heterocycles. The van der Waals surface area contributed by atoms with Gasteiger partial charge in [-0.1, -0.05) is 18.2 Å². The first-order valence-corrected chi connectivity index (χ1v) is 7.88. The van der Waals surface area contributed by atoms with Gasteiger partial charge in [0.25, 0.3) is 0 Å². The van der Waals surface area contributed by atoms with Crippen LogP contribution in [0.1, 0.15) is 24.8 Å². The molecule has 1 atom stereocenters. The van der Waals surface area contributed by atoms with Crippen molar-refractivity contribution < 1.29 is 13.9 Å². The number of rotatable bonds is 5. The molecule has 1 aliphatic rings. The number of anilines is 1. The number of halogens is 1. The molecule has 1 N–H and O–H groups in total. The zero-order valence-corrected chi connectivity index (χ0v) is 12.9. The number of ether oxygens (including phenoxy) is 1. The molecule has 122 valence electrons. The van der Waals surface area contributed by atoms with Gasteiger partial charge in [0.05, 0.1) is 31.0 Å². The molecule has 1 amide bonds. The first-order chi connectivity index (χ1) is 11.2. The van der Waals surface area contributed by atoms with Crippen LogP contribution in [0.25, 0.3) is 0 Å². The summed E-state index contributed by atoms with van der Waals surface area (Å²) in [6.07, 6.45) is 6.90. The third-order valence-electron chi connectivity index (χ3n) is 3.89. The molecule has 6 heteroatoms. The van der Waals surface area contributed by atoms with Crippen molar-refractivity contribution >= 4 is 11.6 Å². The van der Waals surface area contributed by atoms with Crippen molar-refractivity contribution in [2.75, 3.05) is 11.9 Å². The Morgan fingerprint density at radius 2 is 2.26 bits per heavy atom. The Kier molecular flexibility index (Phi) is 5.02. The largest absolute Gasteiger partial charge is 0.376 e. The van der Waals surface area contributed by atoms with E-state index in [-0.39, 0.29) is 24.2 Å². The molecule has 2 aromatic rings. The standard InChI is InChI=1S/C17H20FN3O2/c18-16-7-2-1-5-13(16)9-17(22)20-14-10-19-21(11-14)12-15-6-3-4-8-23-15/h1-2,5,7,10-11,15H,3-4,6,8-9,12H2,(H,20,22). The highest BCUT2D eigenvalue weighted by Gasteiger charge is 2.15. The maximum absolute atomic E-state index is 13.5. The second kappa shape index (κ2) is 7.37. The number of amides is 1. The zero-order chi connectivity index (χ0) is 16.1. The lowest BCUT2D eigenvalue weighted by molar-refractivity contribution is -0.115. The molecule has 0 aliphatic carbocycles. The molecule has 5 nitrogen and oxygen atoms in total. The van der Waals surface area contributed by atoms with E-state index in [1.165, 1.54) is 12.5 Å². The van der Waals surface area contributed by atoms with Crippen LogP contribution in [-0.4, -0.2) is 28.4 Å². The summed E-state index contributed by atoms with van der Waals surface area (Å²) >= 11 is 0. The fraction of sp³-hybridized carbons (Fsp3) is 0.412. The normalized spacial score (nSPS) is 17.9. The van der Waals surface area contributed by atoms with Gasteiger partial charge >= 0.3 is 0 Å². The quantitative estimate of drug-likeness (QED) is 0.922. The minimum atomic E-state index is -0.368. The van der Waals surface area contributed by atoms with E-state index in [0.717, 1.165) is 19.4 Å². The minimum absolute atomic E-state index is 0.00356. The maximum atomic E-state index is 13.5. The van der Waals surface area contributed by atoms with E-state index in [4.69, 9.17) is 4.74 Å². The number of aromatic nitrogens is 2. The highest BCUT2D eigenvalue weighted by molar-refractivity contribution is 5.92. The Morgan fingerprint density at radius 1 is 1.39 bits per heavy atom. The van der Waals surface area contributed by atoms with Crippen molar-refractivity contribution in [3.8, 4) is 0 Å². The monoisotopic (exact) mass is 317 g/mol. The summed E-state index contributed by atoms with van der Waals surface area (Å²) in [5.41, 5.74) is 0.996. The van der Waals surface area contributed by atoms with Gasteiger partial charge in [0.2, 0.25) is 5.91 Å². The number of carbonyl (C=O) groups excluding carboxylic acids is 1. The van der Waals surface area contributed by atoms with Crippen LogP contribution < -0.4 is 5.32 Å². The molecule has 23 heavy (non-hydrogen) atoms. The molecule has 2 heterocycles. The van der Waals surface area contributed by atoms with Gasteiger partial charge in [-0.3, -0.25) is 9.48 Å². The second-order valence-electron chi connectivity index (χ2n) is 5.76. The van der Waals surface area contributed by atoms with Crippen LogP contribution in [0, 0.1) is 5.82 Å². The van der Waals surface area contributed by atoms with Crippen LogP contribution in [0.2, 0.25) is 0 Å². The van der Waals surface area contributed by atoms with Crippen molar-refractivity contribution in [2.24, 2.45) is 0 Å². The lowest BCUT2D eigenvalue weighted by Crippen LogP contribution is -2.24. The lowest BCUT2D eigenvalue weighted by atomic mass is 10.1. The number of nitrogens with one attached hydrogen (secondary N) is 1. The highest BCUT2D eigenvalue weighted by atomic mass is 19.1. The summed E-state index contributed by atoms with van der Waals surface area (Å²) in [6, 6.07) is 6.28. The molecule has 0 radical (unpaired) electrons. The van der Waals surface area contributed by atoms with Crippen LogP contribution in [0.3, 0.4) is 0 Å². The van der Waals surface area contributed by atoms with Gasteiger partial charge in [0, 0.05) is 12.8 Å². The molecular weight excluding hydrogens is 297 g/mol. The van der Waals surface area contributed by atoms with E-state index in [2.05, 4.69) is 10.4 Å². The van der Waals surface area contributed by atoms with Crippen molar-refractivity contribution in [2.45, 2.75) is 38.3 Å². The molecular formula is C17H20FN3O2. The average molecular weight is 317 g/mol. The molecule has 0 bridgehead atoms. The first-order valence-electron chi connectivity index (χ1n) is 7.88. The summed E-state index contributed by atoms with van der Waals surface area (Å²) < 4.78 is 21.0. The Labute approximate surface area is 134 Å². The topological polar surface area (TPSA) is 56.2 Å². The molecule has 1 fully saturated rings. The molecule has 1 unspecified atom stereocenters. The predicted octanol–water partition coefficient (Wildman–Crippen LogP) is 2.77. The molecule has 1 saturated heterocycles.